The number of aliphatic imine (C=N–C) groups is 2. The van der Waals surface area contributed by atoms with Crippen LogP contribution in [0.2, 0.25) is 0 Å². The number of thioether (sulfide) groups is 1. The maximum atomic E-state index is 13.2. The van der Waals surface area contributed by atoms with Crippen LogP contribution in [-0.2, 0) is 4.79 Å². The Kier molecular flexibility index (Phi) is 6.93. The van der Waals surface area contributed by atoms with Crippen molar-refractivity contribution < 1.29 is 24.0 Å². The minimum atomic E-state index is -0.442. The third-order valence-corrected chi connectivity index (χ3v) is 5.60. The highest BCUT2D eigenvalue weighted by molar-refractivity contribution is 8.14. The molecule has 0 fully saturated rings. The van der Waals surface area contributed by atoms with E-state index in [2.05, 4.69) is 15.3 Å². The Bertz CT molecular complexity index is 1250. The molecule has 11 heteroatoms. The lowest BCUT2D eigenvalue weighted by Gasteiger charge is -2.18. The molecule has 0 spiro atoms. The first-order valence-corrected chi connectivity index (χ1v) is 11.2. The summed E-state index contributed by atoms with van der Waals surface area (Å²) in [6.45, 7) is 0. The van der Waals surface area contributed by atoms with Gasteiger partial charge in [-0.2, -0.15) is 5.01 Å². The van der Waals surface area contributed by atoms with Gasteiger partial charge in [-0.25, -0.2) is 9.98 Å². The summed E-state index contributed by atoms with van der Waals surface area (Å²) in [6.07, 6.45) is 3.19. The maximum absolute atomic E-state index is 13.2. The zero-order valence-corrected chi connectivity index (χ0v) is 19.6. The molecule has 34 heavy (non-hydrogen) atoms. The molecule has 2 heterocycles. The lowest BCUT2D eigenvalue weighted by molar-refractivity contribution is -0.753. The lowest BCUT2D eigenvalue weighted by Crippen LogP contribution is -2.53. The van der Waals surface area contributed by atoms with Crippen LogP contribution in [-0.4, -0.2) is 49.2 Å². The molecule has 0 atom stereocenters. The maximum Gasteiger partial charge on any atom is 0.324 e. The Morgan fingerprint density at radius 1 is 1.24 bits per heavy atom. The average Bonchev–Trinajstić information content (AvgIpc) is 3.43. The Balaban J connectivity index is 1.57. The Morgan fingerprint density at radius 2 is 1.97 bits per heavy atom. The molecule has 174 valence electrons. The molecule has 1 amide bonds. The van der Waals surface area contributed by atoms with Crippen LogP contribution in [0, 0.1) is 0 Å². The number of ether oxygens (including phenoxy) is 1. The number of rotatable bonds is 7. The third kappa shape index (κ3) is 5.26. The summed E-state index contributed by atoms with van der Waals surface area (Å²) in [6, 6.07) is 16.4. The van der Waals surface area contributed by atoms with Crippen molar-refractivity contribution in [3.8, 4) is 5.75 Å². The van der Waals surface area contributed by atoms with Crippen molar-refractivity contribution >= 4 is 46.4 Å². The monoisotopic (exact) mass is 478 g/mol. The van der Waals surface area contributed by atoms with Gasteiger partial charge in [-0.1, -0.05) is 42.1 Å². The summed E-state index contributed by atoms with van der Waals surface area (Å²) in [5, 5.41) is 18.2. The van der Waals surface area contributed by atoms with E-state index in [9.17, 15) is 9.90 Å². The van der Waals surface area contributed by atoms with Crippen molar-refractivity contribution in [1.82, 2.24) is 5.27 Å². The van der Waals surface area contributed by atoms with E-state index in [0.717, 1.165) is 23.1 Å². The minimum absolute atomic E-state index is 0.0338. The minimum Gasteiger partial charge on any atom is -0.861 e. The van der Waals surface area contributed by atoms with Gasteiger partial charge in [0, 0.05) is 5.75 Å². The second-order valence-electron chi connectivity index (χ2n) is 7.28. The van der Waals surface area contributed by atoms with Gasteiger partial charge in [0.25, 0.3) is 12.1 Å². The van der Waals surface area contributed by atoms with E-state index in [1.54, 1.807) is 32.3 Å². The third-order valence-electron chi connectivity index (χ3n) is 4.68. The quantitative estimate of drug-likeness (QED) is 0.220. The first-order valence-electron chi connectivity index (χ1n) is 10.2. The van der Waals surface area contributed by atoms with E-state index in [0.29, 0.717) is 10.9 Å². The van der Waals surface area contributed by atoms with Crippen LogP contribution in [0.5, 0.6) is 5.75 Å². The molecular formula is C23H22N6O4S. The topological polar surface area (TPSA) is 110 Å². The number of amides is 1. The first-order chi connectivity index (χ1) is 16.4. The summed E-state index contributed by atoms with van der Waals surface area (Å²) in [7, 11) is 5.14. The van der Waals surface area contributed by atoms with Crippen molar-refractivity contribution in [3.05, 3.63) is 72.1 Å². The second-order valence-corrected chi connectivity index (χ2v) is 8.22. The molecule has 0 saturated heterocycles. The highest BCUT2D eigenvalue weighted by Crippen LogP contribution is 2.29. The molecule has 0 N–H and O–H groups in total. The van der Waals surface area contributed by atoms with Gasteiger partial charge in [0.05, 0.1) is 31.7 Å². The predicted octanol–water partition coefficient (Wildman–Crippen LogP) is 1.74. The molecule has 1 aliphatic rings. The van der Waals surface area contributed by atoms with Crippen LogP contribution in [0.15, 0.2) is 81.0 Å². The van der Waals surface area contributed by atoms with Crippen molar-refractivity contribution in [2.75, 3.05) is 36.9 Å². The van der Waals surface area contributed by atoms with E-state index in [-0.39, 0.29) is 23.2 Å². The van der Waals surface area contributed by atoms with Gasteiger partial charge in [0.1, 0.15) is 11.4 Å². The number of anilines is 1. The molecular weight excluding hydrogens is 456 g/mol. The number of methoxy groups -OCH3 is 1. The molecule has 10 nitrogen and oxygen atoms in total. The molecule has 0 unspecified atom stereocenters. The van der Waals surface area contributed by atoms with Crippen LogP contribution >= 0.6 is 11.8 Å². The Hall–Kier alpha value is -4.12. The van der Waals surface area contributed by atoms with Crippen LogP contribution in [0.3, 0.4) is 0 Å². The fourth-order valence-corrected chi connectivity index (χ4v) is 3.80. The highest BCUT2D eigenvalue weighted by Gasteiger charge is 2.31. The zero-order chi connectivity index (χ0) is 24.1. The van der Waals surface area contributed by atoms with E-state index < -0.39 is 5.90 Å². The molecule has 0 aliphatic carbocycles. The summed E-state index contributed by atoms with van der Waals surface area (Å²) in [5.41, 5.74) is 1.73. The van der Waals surface area contributed by atoms with E-state index in [1.165, 1.54) is 15.9 Å². The SMILES string of the molecule is COc1ccc(/C=C2/N=C(SC/C([O-])=N\c3c[n+](N(C)C)no3)N(c3ccccc3)C2=O)cc1. The van der Waals surface area contributed by atoms with Gasteiger partial charge in [-0.05, 0) is 41.8 Å². The molecule has 0 bridgehead atoms. The summed E-state index contributed by atoms with van der Waals surface area (Å²) < 4.78 is 10.2. The summed E-state index contributed by atoms with van der Waals surface area (Å²) in [4.78, 5) is 24.5. The van der Waals surface area contributed by atoms with Gasteiger partial charge in [-0.15, -0.1) is 0 Å². The van der Waals surface area contributed by atoms with Gasteiger partial charge < -0.3 is 9.84 Å². The number of aromatic nitrogens is 2. The smallest absolute Gasteiger partial charge is 0.324 e. The van der Waals surface area contributed by atoms with Crippen molar-refractivity contribution in [2.45, 2.75) is 0 Å². The van der Waals surface area contributed by atoms with Crippen LogP contribution in [0.25, 0.3) is 6.08 Å². The lowest BCUT2D eigenvalue weighted by atomic mass is 10.2. The van der Waals surface area contributed by atoms with Crippen LogP contribution in [0.4, 0.5) is 11.6 Å². The number of para-hydroxylation sites is 1. The second kappa shape index (κ2) is 10.2. The van der Waals surface area contributed by atoms with Crippen LogP contribution < -0.4 is 24.5 Å². The standard InChI is InChI=1S/C23H22N6O4S/c1-27(2)28-14-21(33-26-28)25-20(30)15-34-23-24-19(13-16-9-11-18(32-3)12-10-16)22(31)29(23)17-7-5-4-6-8-17/h4-14H,15H2,1-3H3/b19-13+. The number of carbonyl (C=O) groups excluding carboxylic acids is 1. The number of amidine groups is 1. The van der Waals surface area contributed by atoms with Gasteiger partial charge >= 0.3 is 5.88 Å². The van der Waals surface area contributed by atoms with Gasteiger partial charge in [-0.3, -0.25) is 14.2 Å². The Labute approximate surface area is 200 Å². The average molecular weight is 479 g/mol. The van der Waals surface area contributed by atoms with E-state index >= 15 is 0 Å². The molecule has 1 aliphatic heterocycles. The van der Waals surface area contributed by atoms with E-state index in [4.69, 9.17) is 9.26 Å². The van der Waals surface area contributed by atoms with Gasteiger partial charge in [0.2, 0.25) is 5.27 Å². The predicted molar refractivity (Wildman–Crippen MR) is 129 cm³/mol. The molecule has 1 aromatic heterocycles. The van der Waals surface area contributed by atoms with Crippen molar-refractivity contribution in [3.63, 3.8) is 0 Å². The number of benzene rings is 2. The number of hydrogen-bond acceptors (Lipinski definition) is 9. The van der Waals surface area contributed by atoms with Crippen molar-refractivity contribution in [2.24, 2.45) is 9.98 Å². The molecule has 3 aromatic rings. The molecule has 0 radical (unpaired) electrons. The van der Waals surface area contributed by atoms with Crippen molar-refractivity contribution in [1.29, 1.82) is 0 Å². The Morgan fingerprint density at radius 3 is 2.62 bits per heavy atom. The summed E-state index contributed by atoms with van der Waals surface area (Å²) >= 11 is 1.12. The van der Waals surface area contributed by atoms with Crippen LogP contribution in [0.1, 0.15) is 5.56 Å². The number of hydrogen-bond donors (Lipinski definition) is 0. The number of carbonyl (C=O) groups is 1. The number of nitrogens with zero attached hydrogens (tertiary/aromatic N) is 6. The molecule has 0 saturated carbocycles. The summed E-state index contributed by atoms with van der Waals surface area (Å²) in [5.74, 6) is 0.0480. The first kappa shape index (κ1) is 23.1. The van der Waals surface area contributed by atoms with Gasteiger partial charge in [0.15, 0.2) is 5.17 Å². The fraction of sp³-hybridized carbons (Fsp3) is 0.174. The fourth-order valence-electron chi connectivity index (χ4n) is 3.00. The largest absolute Gasteiger partial charge is 0.861 e. The zero-order valence-electron chi connectivity index (χ0n) is 18.8. The molecule has 2 aromatic carbocycles. The van der Waals surface area contributed by atoms with E-state index in [1.807, 2.05) is 54.6 Å². The molecule has 4 rings (SSSR count). The normalized spacial score (nSPS) is 15.1. The highest BCUT2D eigenvalue weighted by atomic mass is 32.2.